The molecule has 3 nitrogen and oxygen atoms in total. The zero-order valence-electron chi connectivity index (χ0n) is 14.0. The highest BCUT2D eigenvalue weighted by molar-refractivity contribution is 6.02. The fourth-order valence-electron chi connectivity index (χ4n) is 4.89. The summed E-state index contributed by atoms with van der Waals surface area (Å²) in [5.41, 5.74) is 4.78. The molecule has 4 rings (SSSR count). The normalized spacial score (nSPS) is 29.1. The molecule has 0 unspecified atom stereocenters. The van der Waals surface area contributed by atoms with Gasteiger partial charge in [-0.3, -0.25) is 4.79 Å². The standard InChI is InChI=1S/C19H28N2O/c1-3-15-12(2)20-17-9-14-7-8-21(10-13-5-4-6-13)11-16(14)19(22)18(15)17/h13-14,16,20H,3-11H2,1-2H3/t14-,16+/m0/s1. The maximum atomic E-state index is 13.1. The first-order chi connectivity index (χ1) is 10.7. The molecule has 2 fully saturated rings. The summed E-state index contributed by atoms with van der Waals surface area (Å²) in [4.78, 5) is 19.2. The van der Waals surface area contributed by atoms with E-state index in [0.717, 1.165) is 30.9 Å². The molecule has 0 bridgehead atoms. The van der Waals surface area contributed by atoms with Crippen LogP contribution >= 0.6 is 0 Å². The van der Waals surface area contributed by atoms with Crippen LogP contribution in [0.4, 0.5) is 0 Å². The molecule has 2 heterocycles. The Bertz CT molecular complexity index is 585. The van der Waals surface area contributed by atoms with Gasteiger partial charge in [-0.15, -0.1) is 0 Å². The minimum atomic E-state index is 0.252. The second-order valence-electron chi connectivity index (χ2n) is 7.72. The Morgan fingerprint density at radius 1 is 1.27 bits per heavy atom. The van der Waals surface area contributed by atoms with Gasteiger partial charge in [-0.25, -0.2) is 0 Å². The fraction of sp³-hybridized carbons (Fsp3) is 0.737. The summed E-state index contributed by atoms with van der Waals surface area (Å²) in [7, 11) is 0. The van der Waals surface area contributed by atoms with E-state index in [4.69, 9.17) is 0 Å². The summed E-state index contributed by atoms with van der Waals surface area (Å²) < 4.78 is 0. The van der Waals surface area contributed by atoms with Crippen molar-refractivity contribution in [3.8, 4) is 0 Å². The molecular weight excluding hydrogens is 272 g/mol. The third kappa shape index (κ3) is 2.25. The second-order valence-corrected chi connectivity index (χ2v) is 7.72. The quantitative estimate of drug-likeness (QED) is 0.929. The Balaban J connectivity index is 1.55. The highest BCUT2D eigenvalue weighted by atomic mass is 16.1. The van der Waals surface area contributed by atoms with Gasteiger partial charge in [0.25, 0.3) is 0 Å². The first kappa shape index (κ1) is 14.5. The summed E-state index contributed by atoms with van der Waals surface area (Å²) in [5.74, 6) is 2.17. The molecule has 22 heavy (non-hydrogen) atoms. The van der Waals surface area contributed by atoms with Crippen LogP contribution in [0.5, 0.6) is 0 Å². The van der Waals surface area contributed by atoms with Crippen LogP contribution < -0.4 is 0 Å². The van der Waals surface area contributed by atoms with Crippen molar-refractivity contribution in [2.75, 3.05) is 19.6 Å². The lowest BCUT2D eigenvalue weighted by Gasteiger charge is -2.42. The van der Waals surface area contributed by atoms with Crippen LogP contribution in [0.3, 0.4) is 0 Å². The number of aromatic nitrogens is 1. The van der Waals surface area contributed by atoms with E-state index in [1.54, 1.807) is 0 Å². The number of fused-ring (bicyclic) bond motifs is 2. The third-order valence-electron chi connectivity index (χ3n) is 6.38. The van der Waals surface area contributed by atoms with Gasteiger partial charge in [-0.2, -0.15) is 0 Å². The molecule has 3 aliphatic rings. The number of nitrogens with zero attached hydrogens (tertiary/aromatic N) is 1. The van der Waals surface area contributed by atoms with E-state index >= 15 is 0 Å². The number of hydrogen-bond donors (Lipinski definition) is 1. The zero-order chi connectivity index (χ0) is 15.3. The van der Waals surface area contributed by atoms with Crippen LogP contribution in [0.15, 0.2) is 0 Å². The number of carbonyl (C=O) groups is 1. The number of rotatable bonds is 3. The molecule has 0 aromatic carbocycles. The highest BCUT2D eigenvalue weighted by Gasteiger charge is 2.41. The van der Waals surface area contributed by atoms with Gasteiger partial charge in [-0.05, 0) is 63.0 Å². The Kier molecular flexibility index (Phi) is 3.64. The van der Waals surface area contributed by atoms with E-state index < -0.39 is 0 Å². The summed E-state index contributed by atoms with van der Waals surface area (Å²) in [6.07, 6.45) is 7.47. The highest BCUT2D eigenvalue weighted by Crippen LogP contribution is 2.39. The monoisotopic (exact) mass is 300 g/mol. The Morgan fingerprint density at radius 3 is 2.77 bits per heavy atom. The molecule has 120 valence electrons. The van der Waals surface area contributed by atoms with Gasteiger partial charge in [0.15, 0.2) is 5.78 Å². The zero-order valence-corrected chi connectivity index (χ0v) is 14.0. The Labute approximate surface area is 133 Å². The molecule has 1 saturated carbocycles. The van der Waals surface area contributed by atoms with Crippen LogP contribution in [-0.2, 0) is 12.8 Å². The van der Waals surface area contributed by atoms with Gasteiger partial charge < -0.3 is 9.88 Å². The summed E-state index contributed by atoms with van der Waals surface area (Å²) in [6, 6.07) is 0. The number of carbonyl (C=O) groups excluding carboxylic acids is 1. The maximum absolute atomic E-state index is 13.1. The van der Waals surface area contributed by atoms with E-state index in [9.17, 15) is 4.79 Å². The number of hydrogen-bond acceptors (Lipinski definition) is 2. The van der Waals surface area contributed by atoms with E-state index in [0.29, 0.717) is 11.7 Å². The molecule has 2 atom stereocenters. The molecule has 0 radical (unpaired) electrons. The molecule has 0 amide bonds. The summed E-state index contributed by atoms with van der Waals surface area (Å²) >= 11 is 0. The summed E-state index contributed by atoms with van der Waals surface area (Å²) in [6.45, 7) is 7.72. The first-order valence-corrected chi connectivity index (χ1v) is 9.14. The van der Waals surface area contributed by atoms with E-state index in [-0.39, 0.29) is 5.92 Å². The van der Waals surface area contributed by atoms with Crippen molar-refractivity contribution in [1.82, 2.24) is 9.88 Å². The van der Waals surface area contributed by atoms with E-state index in [1.165, 1.54) is 55.7 Å². The van der Waals surface area contributed by atoms with Gasteiger partial charge in [0.1, 0.15) is 0 Å². The van der Waals surface area contributed by atoms with Gasteiger partial charge in [-0.1, -0.05) is 13.3 Å². The second kappa shape index (κ2) is 5.52. The lowest BCUT2D eigenvalue weighted by molar-refractivity contribution is 0.0581. The molecule has 1 aromatic rings. The fourth-order valence-corrected chi connectivity index (χ4v) is 4.89. The van der Waals surface area contributed by atoms with E-state index in [2.05, 4.69) is 23.7 Å². The van der Waals surface area contributed by atoms with Crippen LogP contribution in [0.25, 0.3) is 0 Å². The number of ketones is 1. The number of Topliss-reactive ketones (excluding diaryl/α,β-unsaturated/α-hetero) is 1. The number of piperidine rings is 1. The molecule has 1 aliphatic heterocycles. The molecule has 1 aromatic heterocycles. The Hall–Kier alpha value is -1.09. The smallest absolute Gasteiger partial charge is 0.169 e. The number of aromatic amines is 1. The minimum absolute atomic E-state index is 0.252. The Morgan fingerprint density at radius 2 is 2.09 bits per heavy atom. The molecule has 3 heteroatoms. The van der Waals surface area contributed by atoms with Gasteiger partial charge in [0.05, 0.1) is 0 Å². The number of likely N-dealkylation sites (tertiary alicyclic amines) is 1. The largest absolute Gasteiger partial charge is 0.362 e. The van der Waals surface area contributed by atoms with Crippen molar-refractivity contribution in [2.24, 2.45) is 17.8 Å². The summed E-state index contributed by atoms with van der Waals surface area (Å²) in [5, 5.41) is 0. The van der Waals surface area contributed by atoms with Crippen molar-refractivity contribution in [2.45, 2.75) is 52.4 Å². The van der Waals surface area contributed by atoms with Crippen LogP contribution in [0.1, 0.15) is 59.9 Å². The molecule has 1 saturated heterocycles. The molecule has 2 aliphatic carbocycles. The average Bonchev–Trinajstić information content (AvgIpc) is 2.79. The van der Waals surface area contributed by atoms with Gasteiger partial charge >= 0.3 is 0 Å². The lowest BCUT2D eigenvalue weighted by Crippen LogP contribution is -2.48. The van der Waals surface area contributed by atoms with Crippen molar-refractivity contribution in [3.05, 3.63) is 22.5 Å². The van der Waals surface area contributed by atoms with Crippen molar-refractivity contribution >= 4 is 5.78 Å². The number of H-pyrrole nitrogens is 1. The molecule has 0 spiro atoms. The van der Waals surface area contributed by atoms with Gasteiger partial charge in [0, 0.05) is 36.0 Å². The first-order valence-electron chi connectivity index (χ1n) is 9.14. The van der Waals surface area contributed by atoms with E-state index in [1.807, 2.05) is 0 Å². The van der Waals surface area contributed by atoms with Crippen molar-refractivity contribution in [3.63, 3.8) is 0 Å². The molecule has 1 N–H and O–H groups in total. The molecular formula is C19H28N2O. The average molecular weight is 300 g/mol. The number of nitrogens with one attached hydrogen (secondary N) is 1. The van der Waals surface area contributed by atoms with Crippen molar-refractivity contribution < 1.29 is 4.79 Å². The maximum Gasteiger partial charge on any atom is 0.169 e. The SMILES string of the molecule is CCc1c(C)[nH]c2c1C(=O)[C@@H]1CN(CC3CCC3)CC[C@H]1C2. The lowest BCUT2D eigenvalue weighted by atomic mass is 9.72. The predicted molar refractivity (Wildman–Crippen MR) is 88.3 cm³/mol. The van der Waals surface area contributed by atoms with Crippen LogP contribution in [0, 0.1) is 24.7 Å². The van der Waals surface area contributed by atoms with Crippen LogP contribution in [-0.4, -0.2) is 35.3 Å². The van der Waals surface area contributed by atoms with Crippen LogP contribution in [0.2, 0.25) is 0 Å². The van der Waals surface area contributed by atoms with Gasteiger partial charge in [0.2, 0.25) is 0 Å². The third-order valence-corrected chi connectivity index (χ3v) is 6.38. The predicted octanol–water partition coefficient (Wildman–Crippen LogP) is 3.36. The minimum Gasteiger partial charge on any atom is -0.362 e. The topological polar surface area (TPSA) is 36.1 Å². The number of aryl methyl sites for hydroxylation is 1. The van der Waals surface area contributed by atoms with Crippen molar-refractivity contribution in [1.29, 1.82) is 0 Å².